The molecule has 1 atom stereocenters. The van der Waals surface area contributed by atoms with E-state index >= 15 is 0 Å². The van der Waals surface area contributed by atoms with E-state index in [-0.39, 0.29) is 6.04 Å². The molecule has 0 bridgehead atoms. The van der Waals surface area contributed by atoms with Gasteiger partial charge in [-0.05, 0) is 48.9 Å². The lowest BCUT2D eigenvalue weighted by Gasteiger charge is -2.32. The molecule has 3 rings (SSSR count). The highest BCUT2D eigenvalue weighted by Crippen LogP contribution is 2.38. The summed E-state index contributed by atoms with van der Waals surface area (Å²) in [5.74, 6) is -0.591. The lowest BCUT2D eigenvalue weighted by molar-refractivity contribution is -0.136. The van der Waals surface area contributed by atoms with Gasteiger partial charge in [0.2, 0.25) is 0 Å². The number of carbonyl (C=O) groups excluding carboxylic acids is 2. The molecule has 136 valence electrons. The molecule has 1 aromatic carbocycles. The molecular formula is C18H25N3O4. The quantitative estimate of drug-likeness (QED) is 0.705. The number of methoxy groups -OCH3 is 1. The number of carbonyl (C=O) groups is 2. The molecule has 1 aromatic rings. The van der Waals surface area contributed by atoms with Gasteiger partial charge in [0.25, 0.3) is 0 Å². The van der Waals surface area contributed by atoms with E-state index in [1.165, 1.54) is 0 Å². The van der Waals surface area contributed by atoms with Crippen LogP contribution in [0.15, 0.2) is 24.3 Å². The fraction of sp³-hybridized carbons (Fsp3) is 0.556. The van der Waals surface area contributed by atoms with Crippen molar-refractivity contribution >= 4 is 17.5 Å². The second-order valence-electron chi connectivity index (χ2n) is 6.79. The van der Waals surface area contributed by atoms with E-state index in [0.717, 1.165) is 39.0 Å². The van der Waals surface area contributed by atoms with Gasteiger partial charge in [-0.15, -0.1) is 0 Å². The summed E-state index contributed by atoms with van der Waals surface area (Å²) in [6, 6.07) is 7.04. The van der Waals surface area contributed by atoms with Crippen LogP contribution in [0.1, 0.15) is 19.3 Å². The van der Waals surface area contributed by atoms with E-state index in [9.17, 15) is 9.59 Å². The van der Waals surface area contributed by atoms with Crippen molar-refractivity contribution in [3.05, 3.63) is 24.3 Å². The number of anilines is 1. The van der Waals surface area contributed by atoms with Crippen LogP contribution in [0.4, 0.5) is 5.69 Å². The summed E-state index contributed by atoms with van der Waals surface area (Å²) in [6.07, 6.45) is 3.13. The maximum absolute atomic E-state index is 12.0. The molecule has 2 fully saturated rings. The predicted molar refractivity (Wildman–Crippen MR) is 93.5 cm³/mol. The van der Waals surface area contributed by atoms with Gasteiger partial charge >= 0.3 is 11.8 Å². The number of ether oxygens (including phenoxy) is 2. The van der Waals surface area contributed by atoms with Crippen molar-refractivity contribution in [2.75, 3.05) is 38.7 Å². The topological polar surface area (TPSA) is 88.7 Å². The van der Waals surface area contributed by atoms with E-state index in [0.29, 0.717) is 23.4 Å². The molecule has 7 heteroatoms. The molecule has 7 nitrogen and oxygen atoms in total. The van der Waals surface area contributed by atoms with Gasteiger partial charge in [0.05, 0.1) is 7.11 Å². The monoisotopic (exact) mass is 347 g/mol. The smallest absolute Gasteiger partial charge is 0.313 e. The molecule has 0 saturated carbocycles. The average molecular weight is 347 g/mol. The fourth-order valence-electron chi connectivity index (χ4n) is 3.52. The van der Waals surface area contributed by atoms with Gasteiger partial charge in [-0.3, -0.25) is 9.59 Å². The molecule has 0 aromatic heterocycles. The van der Waals surface area contributed by atoms with Crippen LogP contribution in [0, 0.1) is 5.41 Å². The molecule has 2 heterocycles. The van der Waals surface area contributed by atoms with Crippen molar-refractivity contribution in [3.63, 3.8) is 0 Å². The normalized spacial score (nSPS) is 21.7. The van der Waals surface area contributed by atoms with Gasteiger partial charge in [0, 0.05) is 38.0 Å². The number of amides is 2. The van der Waals surface area contributed by atoms with Crippen LogP contribution in [0.25, 0.3) is 0 Å². The number of hydrogen-bond donors (Lipinski definition) is 3. The zero-order valence-electron chi connectivity index (χ0n) is 14.5. The summed E-state index contributed by atoms with van der Waals surface area (Å²) in [5, 5.41) is 8.76. The Bertz CT molecular complexity index is 611. The zero-order valence-corrected chi connectivity index (χ0v) is 14.5. The first-order chi connectivity index (χ1) is 12.1. The minimum absolute atomic E-state index is 0.204. The van der Waals surface area contributed by atoms with Gasteiger partial charge in [-0.2, -0.15) is 0 Å². The molecule has 2 aliphatic heterocycles. The molecule has 25 heavy (non-hydrogen) atoms. The van der Waals surface area contributed by atoms with Crippen molar-refractivity contribution in [2.24, 2.45) is 5.41 Å². The van der Waals surface area contributed by atoms with E-state index in [1.807, 2.05) is 0 Å². The molecule has 3 N–H and O–H groups in total. The maximum Gasteiger partial charge on any atom is 0.313 e. The van der Waals surface area contributed by atoms with E-state index in [2.05, 4.69) is 16.0 Å². The van der Waals surface area contributed by atoms with Crippen molar-refractivity contribution < 1.29 is 19.1 Å². The maximum atomic E-state index is 12.0. The second kappa shape index (κ2) is 7.84. The Morgan fingerprint density at radius 3 is 2.64 bits per heavy atom. The number of rotatable bonds is 4. The Morgan fingerprint density at radius 2 is 1.96 bits per heavy atom. The molecule has 2 aliphatic rings. The van der Waals surface area contributed by atoms with Crippen LogP contribution in [-0.2, 0) is 14.3 Å². The first kappa shape index (κ1) is 17.7. The third-order valence-electron chi connectivity index (χ3n) is 5.06. The highest BCUT2D eigenvalue weighted by atomic mass is 16.5. The van der Waals surface area contributed by atoms with Gasteiger partial charge in [-0.1, -0.05) is 0 Å². The Hall–Kier alpha value is -2.12. The van der Waals surface area contributed by atoms with Crippen molar-refractivity contribution in [2.45, 2.75) is 25.3 Å². The predicted octanol–water partition coefficient (Wildman–Crippen LogP) is 0.909. The summed E-state index contributed by atoms with van der Waals surface area (Å²) < 4.78 is 10.5. The lowest BCUT2D eigenvalue weighted by Crippen LogP contribution is -2.42. The van der Waals surface area contributed by atoms with Crippen LogP contribution in [0.3, 0.4) is 0 Å². The first-order valence-corrected chi connectivity index (χ1v) is 8.65. The minimum Gasteiger partial charge on any atom is -0.497 e. The van der Waals surface area contributed by atoms with Crippen LogP contribution < -0.4 is 20.7 Å². The summed E-state index contributed by atoms with van der Waals surface area (Å²) in [4.78, 5) is 24.0. The van der Waals surface area contributed by atoms with Gasteiger partial charge < -0.3 is 25.4 Å². The third kappa shape index (κ3) is 4.49. The first-order valence-electron chi connectivity index (χ1n) is 8.65. The summed E-state index contributed by atoms with van der Waals surface area (Å²) >= 11 is 0. The van der Waals surface area contributed by atoms with Gasteiger partial charge in [-0.25, -0.2) is 0 Å². The Balaban J connectivity index is 1.43. The third-order valence-corrected chi connectivity index (χ3v) is 5.06. The molecule has 1 spiro atoms. The average Bonchev–Trinajstić information content (AvgIpc) is 3.03. The van der Waals surface area contributed by atoms with E-state index in [1.54, 1.807) is 31.4 Å². The Kier molecular flexibility index (Phi) is 5.55. The van der Waals surface area contributed by atoms with Gasteiger partial charge in [0.1, 0.15) is 5.75 Å². The number of nitrogens with one attached hydrogen (secondary N) is 3. The van der Waals surface area contributed by atoms with Gasteiger partial charge in [0.15, 0.2) is 0 Å². The molecule has 0 radical (unpaired) electrons. The highest BCUT2D eigenvalue weighted by Gasteiger charge is 2.40. The molecule has 0 aliphatic carbocycles. The SMILES string of the molecule is COc1ccc(NC(=O)C(=O)NCC2CC3(CCOCC3)CN2)cc1. The Morgan fingerprint density at radius 1 is 1.24 bits per heavy atom. The molecular weight excluding hydrogens is 322 g/mol. The zero-order chi connectivity index (χ0) is 17.7. The number of benzene rings is 1. The second-order valence-corrected chi connectivity index (χ2v) is 6.79. The van der Waals surface area contributed by atoms with Crippen molar-refractivity contribution in [1.29, 1.82) is 0 Å². The molecule has 1 unspecified atom stereocenters. The lowest BCUT2D eigenvalue weighted by atomic mass is 9.78. The van der Waals surface area contributed by atoms with Crippen molar-refractivity contribution in [1.82, 2.24) is 10.6 Å². The van der Waals surface area contributed by atoms with E-state index < -0.39 is 11.8 Å². The van der Waals surface area contributed by atoms with E-state index in [4.69, 9.17) is 9.47 Å². The summed E-state index contributed by atoms with van der Waals surface area (Å²) in [5.41, 5.74) is 0.847. The number of hydrogen-bond acceptors (Lipinski definition) is 5. The minimum atomic E-state index is -0.663. The highest BCUT2D eigenvalue weighted by molar-refractivity contribution is 6.39. The largest absolute Gasteiger partial charge is 0.497 e. The fourth-order valence-corrected chi connectivity index (χ4v) is 3.52. The standard InChI is InChI=1S/C18H25N3O4/c1-24-15-4-2-13(3-5-15)21-17(23)16(22)19-11-14-10-18(12-20-14)6-8-25-9-7-18/h2-5,14,20H,6-12H2,1H3,(H,19,22)(H,21,23). The molecule has 2 amide bonds. The van der Waals surface area contributed by atoms with Crippen LogP contribution in [0.2, 0.25) is 0 Å². The van der Waals surface area contributed by atoms with Crippen LogP contribution in [-0.4, -0.2) is 51.3 Å². The van der Waals surface area contributed by atoms with Crippen LogP contribution in [0.5, 0.6) is 5.75 Å². The summed E-state index contributed by atoms with van der Waals surface area (Å²) in [7, 11) is 1.57. The molecule has 2 saturated heterocycles. The van der Waals surface area contributed by atoms with Crippen molar-refractivity contribution in [3.8, 4) is 5.75 Å². The summed E-state index contributed by atoms with van der Waals surface area (Å²) in [6.45, 7) is 3.03. The van der Waals surface area contributed by atoms with Crippen LogP contribution >= 0.6 is 0 Å². The Labute approximate surface area is 147 Å².